The Hall–Kier alpha value is -0.920. The second-order valence-electron chi connectivity index (χ2n) is 4.42. The molecule has 0 radical (unpaired) electrons. The molecule has 0 saturated heterocycles. The van der Waals surface area contributed by atoms with Crippen LogP contribution in [0.3, 0.4) is 0 Å². The maximum Gasteiger partial charge on any atom is 0.131 e. The molecule has 0 N–H and O–H groups in total. The monoisotopic (exact) mass is 220 g/mol. The normalized spacial score (nSPS) is 12.6. The summed E-state index contributed by atoms with van der Waals surface area (Å²) in [5.74, 6) is 1.59. The van der Waals surface area contributed by atoms with Gasteiger partial charge in [0.2, 0.25) is 0 Å². The van der Waals surface area contributed by atoms with Crippen LogP contribution in [0.1, 0.15) is 70.5 Å². The first-order chi connectivity index (χ1) is 7.88. The van der Waals surface area contributed by atoms with Gasteiger partial charge in [-0.1, -0.05) is 46.0 Å². The summed E-state index contributed by atoms with van der Waals surface area (Å²) >= 11 is 0. The Kier molecular flexibility index (Phi) is 6.78. The molecule has 0 bridgehead atoms. The zero-order valence-electron chi connectivity index (χ0n) is 10.7. The molecule has 0 aliphatic heterocycles. The average molecular weight is 220 g/mol. The van der Waals surface area contributed by atoms with E-state index in [1.54, 1.807) is 0 Å². The van der Waals surface area contributed by atoms with Gasteiger partial charge < -0.3 is 0 Å². The highest BCUT2D eigenvalue weighted by Crippen LogP contribution is 2.22. The van der Waals surface area contributed by atoms with Gasteiger partial charge in [0.25, 0.3) is 0 Å². The minimum Gasteiger partial charge on any atom is -0.241 e. The van der Waals surface area contributed by atoms with Crippen molar-refractivity contribution < 1.29 is 0 Å². The number of hydrogen-bond acceptors (Lipinski definition) is 2. The Balaban J connectivity index is 2.27. The van der Waals surface area contributed by atoms with Gasteiger partial charge in [0.15, 0.2) is 0 Å². The van der Waals surface area contributed by atoms with Crippen LogP contribution < -0.4 is 0 Å². The highest BCUT2D eigenvalue weighted by atomic mass is 14.9. The van der Waals surface area contributed by atoms with Crippen molar-refractivity contribution in [2.24, 2.45) is 0 Å². The largest absolute Gasteiger partial charge is 0.241 e. The number of rotatable bonds is 8. The molecule has 2 heteroatoms. The molecule has 1 aromatic heterocycles. The highest BCUT2D eigenvalue weighted by Gasteiger charge is 2.10. The summed E-state index contributed by atoms with van der Waals surface area (Å²) in [6, 6.07) is 1.89. The third kappa shape index (κ3) is 4.73. The zero-order chi connectivity index (χ0) is 11.6. The minimum absolute atomic E-state index is 0.558. The topological polar surface area (TPSA) is 25.8 Å². The Morgan fingerprint density at radius 2 is 1.69 bits per heavy atom. The average Bonchev–Trinajstić information content (AvgIpc) is 2.35. The Labute approximate surface area is 99.5 Å². The molecule has 0 unspecified atom stereocenters. The van der Waals surface area contributed by atoms with Crippen LogP contribution in [0.4, 0.5) is 0 Å². The van der Waals surface area contributed by atoms with E-state index < -0.39 is 0 Å². The first kappa shape index (κ1) is 13.1. The Morgan fingerprint density at radius 1 is 1.00 bits per heavy atom. The summed E-state index contributed by atoms with van der Waals surface area (Å²) < 4.78 is 0. The lowest BCUT2D eigenvalue weighted by Gasteiger charge is -2.12. The molecule has 0 aliphatic carbocycles. The predicted octanol–water partition coefficient (Wildman–Crippen LogP) is 4.33. The summed E-state index contributed by atoms with van der Waals surface area (Å²) in [5, 5.41) is 0. The Bertz CT molecular complexity index is 259. The summed E-state index contributed by atoms with van der Waals surface area (Å²) in [6.45, 7) is 4.49. The van der Waals surface area contributed by atoms with Gasteiger partial charge in [-0.2, -0.15) is 0 Å². The number of hydrogen-bond donors (Lipinski definition) is 0. The van der Waals surface area contributed by atoms with Crippen LogP contribution in [0.25, 0.3) is 0 Å². The van der Waals surface area contributed by atoms with E-state index in [9.17, 15) is 0 Å². The van der Waals surface area contributed by atoms with Crippen LogP contribution in [0.15, 0.2) is 18.5 Å². The van der Waals surface area contributed by atoms with Gasteiger partial charge >= 0.3 is 0 Å². The van der Waals surface area contributed by atoms with E-state index in [0.29, 0.717) is 5.92 Å². The van der Waals surface area contributed by atoms with Crippen molar-refractivity contribution in [1.29, 1.82) is 0 Å². The number of aromatic nitrogens is 2. The van der Waals surface area contributed by atoms with Crippen LogP contribution in [0.5, 0.6) is 0 Å². The lowest BCUT2D eigenvalue weighted by molar-refractivity contribution is 0.516. The third-order valence-corrected chi connectivity index (χ3v) is 3.10. The standard InChI is InChI=1S/C14H24N2/c1-3-5-6-7-8-10-13(4-2)14-15-11-9-12-16-14/h9,11-13H,3-8,10H2,1-2H3/t13-/m1/s1. The summed E-state index contributed by atoms with van der Waals surface area (Å²) in [6.07, 6.45) is 12.8. The molecule has 0 fully saturated rings. The van der Waals surface area contributed by atoms with Gasteiger partial charge in [-0.25, -0.2) is 9.97 Å². The molecule has 1 heterocycles. The number of nitrogens with zero attached hydrogens (tertiary/aromatic N) is 2. The molecule has 1 aromatic rings. The smallest absolute Gasteiger partial charge is 0.131 e. The van der Waals surface area contributed by atoms with Gasteiger partial charge in [0, 0.05) is 18.3 Å². The molecule has 2 nitrogen and oxygen atoms in total. The summed E-state index contributed by atoms with van der Waals surface area (Å²) in [4.78, 5) is 8.71. The zero-order valence-corrected chi connectivity index (χ0v) is 10.7. The molecule has 90 valence electrons. The van der Waals surface area contributed by atoms with Crippen molar-refractivity contribution in [3.05, 3.63) is 24.3 Å². The second-order valence-corrected chi connectivity index (χ2v) is 4.42. The lowest BCUT2D eigenvalue weighted by atomic mass is 9.97. The van der Waals surface area contributed by atoms with Gasteiger partial charge in [0.05, 0.1) is 0 Å². The first-order valence-corrected chi connectivity index (χ1v) is 6.65. The van der Waals surface area contributed by atoms with E-state index in [4.69, 9.17) is 0 Å². The predicted molar refractivity (Wildman–Crippen MR) is 68.4 cm³/mol. The molecular weight excluding hydrogens is 196 g/mol. The molecule has 0 aromatic carbocycles. The highest BCUT2D eigenvalue weighted by molar-refractivity contribution is 4.96. The SMILES string of the molecule is CCCCCCC[C@@H](CC)c1ncccn1. The van der Waals surface area contributed by atoms with Crippen molar-refractivity contribution in [3.8, 4) is 0 Å². The van der Waals surface area contributed by atoms with E-state index >= 15 is 0 Å². The molecule has 0 saturated carbocycles. The number of unbranched alkanes of at least 4 members (excludes halogenated alkanes) is 4. The molecule has 1 rings (SSSR count). The maximum atomic E-state index is 4.35. The molecule has 1 atom stereocenters. The molecular formula is C14H24N2. The molecule has 0 aliphatic rings. The fraction of sp³-hybridized carbons (Fsp3) is 0.714. The summed E-state index contributed by atoms with van der Waals surface area (Å²) in [5.41, 5.74) is 0. The van der Waals surface area contributed by atoms with Gasteiger partial charge in [-0.3, -0.25) is 0 Å². The van der Waals surface area contributed by atoms with Gasteiger partial charge in [-0.05, 0) is 18.9 Å². The molecule has 0 amide bonds. The van der Waals surface area contributed by atoms with Crippen LogP contribution in [-0.2, 0) is 0 Å². The van der Waals surface area contributed by atoms with E-state index in [2.05, 4.69) is 23.8 Å². The van der Waals surface area contributed by atoms with E-state index in [-0.39, 0.29) is 0 Å². The van der Waals surface area contributed by atoms with Crippen molar-refractivity contribution in [3.63, 3.8) is 0 Å². The van der Waals surface area contributed by atoms with Crippen molar-refractivity contribution in [1.82, 2.24) is 9.97 Å². The quantitative estimate of drug-likeness (QED) is 0.609. The van der Waals surface area contributed by atoms with Crippen LogP contribution in [0.2, 0.25) is 0 Å². The Morgan fingerprint density at radius 3 is 2.31 bits per heavy atom. The fourth-order valence-electron chi connectivity index (χ4n) is 2.03. The van der Waals surface area contributed by atoms with Crippen LogP contribution in [-0.4, -0.2) is 9.97 Å². The first-order valence-electron chi connectivity index (χ1n) is 6.65. The fourth-order valence-corrected chi connectivity index (χ4v) is 2.03. The van der Waals surface area contributed by atoms with Crippen molar-refractivity contribution >= 4 is 0 Å². The molecule has 16 heavy (non-hydrogen) atoms. The van der Waals surface area contributed by atoms with Crippen LogP contribution >= 0.6 is 0 Å². The van der Waals surface area contributed by atoms with E-state index in [1.165, 1.54) is 38.5 Å². The van der Waals surface area contributed by atoms with Gasteiger partial charge in [0.1, 0.15) is 5.82 Å². The lowest BCUT2D eigenvalue weighted by Crippen LogP contribution is -2.02. The van der Waals surface area contributed by atoms with Crippen molar-refractivity contribution in [2.75, 3.05) is 0 Å². The third-order valence-electron chi connectivity index (χ3n) is 3.10. The van der Waals surface area contributed by atoms with Gasteiger partial charge in [-0.15, -0.1) is 0 Å². The summed E-state index contributed by atoms with van der Waals surface area (Å²) in [7, 11) is 0. The minimum atomic E-state index is 0.558. The molecule has 0 spiro atoms. The van der Waals surface area contributed by atoms with E-state index in [0.717, 1.165) is 12.2 Å². The van der Waals surface area contributed by atoms with E-state index in [1.807, 2.05) is 18.5 Å². The second kappa shape index (κ2) is 8.26. The maximum absolute atomic E-state index is 4.35. The van der Waals surface area contributed by atoms with Crippen LogP contribution in [0, 0.1) is 0 Å². The van der Waals surface area contributed by atoms with Crippen molar-refractivity contribution in [2.45, 2.75) is 64.7 Å².